The molecule has 5 aromatic rings. The molecule has 3 heterocycles. The first-order chi connectivity index (χ1) is 15.8. The molecule has 7 nitrogen and oxygen atoms in total. The largest absolute Gasteiger partial charge is 0.486 e. The third kappa shape index (κ3) is 3.44. The van der Waals surface area contributed by atoms with E-state index in [0.717, 1.165) is 38.5 Å². The van der Waals surface area contributed by atoms with E-state index in [1.165, 1.54) is 11.8 Å². The SMILES string of the molecule is c1ccc(-c2cc(Sc3nnnn3-c3ccccc3)nc3cc4c(cc23)OCCO4)cc1. The molecule has 1 aliphatic rings. The molecule has 0 N–H and O–H groups in total. The van der Waals surface area contributed by atoms with Crippen LogP contribution in [0.1, 0.15) is 0 Å². The molecule has 0 radical (unpaired) electrons. The van der Waals surface area contributed by atoms with Gasteiger partial charge in [0.05, 0.1) is 11.2 Å². The zero-order chi connectivity index (χ0) is 21.3. The van der Waals surface area contributed by atoms with Gasteiger partial charge in [-0.1, -0.05) is 48.5 Å². The maximum absolute atomic E-state index is 5.81. The fraction of sp³-hybridized carbons (Fsp3) is 0.0833. The molecule has 3 aromatic carbocycles. The van der Waals surface area contributed by atoms with Gasteiger partial charge in [0.25, 0.3) is 0 Å². The number of benzene rings is 3. The molecule has 2 aromatic heterocycles. The second-order valence-corrected chi connectivity index (χ2v) is 8.19. The van der Waals surface area contributed by atoms with Gasteiger partial charge < -0.3 is 9.47 Å². The molecule has 6 rings (SSSR count). The minimum Gasteiger partial charge on any atom is -0.486 e. The number of tetrazole rings is 1. The van der Waals surface area contributed by atoms with Crippen LogP contribution in [-0.2, 0) is 0 Å². The van der Waals surface area contributed by atoms with Crippen molar-refractivity contribution in [1.29, 1.82) is 0 Å². The highest BCUT2D eigenvalue weighted by atomic mass is 32.2. The van der Waals surface area contributed by atoms with E-state index in [1.807, 2.05) is 60.7 Å². The van der Waals surface area contributed by atoms with Crippen molar-refractivity contribution in [3.63, 3.8) is 0 Å². The molecular formula is C24H17N5O2S. The number of aromatic nitrogens is 5. The minimum atomic E-state index is 0.532. The highest BCUT2D eigenvalue weighted by Crippen LogP contribution is 2.40. The van der Waals surface area contributed by atoms with Crippen molar-refractivity contribution in [1.82, 2.24) is 25.2 Å². The van der Waals surface area contributed by atoms with Crippen LogP contribution in [0.25, 0.3) is 27.7 Å². The van der Waals surface area contributed by atoms with Crippen molar-refractivity contribution in [3.05, 3.63) is 78.9 Å². The predicted molar refractivity (Wildman–Crippen MR) is 121 cm³/mol. The van der Waals surface area contributed by atoms with Crippen LogP contribution in [-0.4, -0.2) is 38.4 Å². The van der Waals surface area contributed by atoms with Crippen LogP contribution in [0.5, 0.6) is 11.5 Å². The van der Waals surface area contributed by atoms with E-state index in [2.05, 4.69) is 33.7 Å². The lowest BCUT2D eigenvalue weighted by molar-refractivity contribution is 0.172. The Morgan fingerprint density at radius 1 is 0.812 bits per heavy atom. The molecule has 32 heavy (non-hydrogen) atoms. The van der Waals surface area contributed by atoms with Crippen LogP contribution >= 0.6 is 11.8 Å². The Bertz CT molecular complexity index is 1410. The Kier molecular flexibility index (Phi) is 4.69. The van der Waals surface area contributed by atoms with Crippen LogP contribution < -0.4 is 9.47 Å². The van der Waals surface area contributed by atoms with E-state index in [4.69, 9.17) is 14.5 Å². The average Bonchev–Trinajstić information content (AvgIpc) is 3.31. The first-order valence-electron chi connectivity index (χ1n) is 10.2. The van der Waals surface area contributed by atoms with Gasteiger partial charge in [-0.15, -0.1) is 5.10 Å². The molecule has 0 atom stereocenters. The smallest absolute Gasteiger partial charge is 0.220 e. The van der Waals surface area contributed by atoms with Gasteiger partial charge in [-0.25, -0.2) is 4.98 Å². The maximum atomic E-state index is 5.81. The number of hydrogen-bond donors (Lipinski definition) is 0. The van der Waals surface area contributed by atoms with E-state index in [0.29, 0.717) is 24.1 Å². The molecule has 0 fully saturated rings. The van der Waals surface area contributed by atoms with Crippen molar-refractivity contribution in [2.45, 2.75) is 10.2 Å². The van der Waals surface area contributed by atoms with E-state index < -0.39 is 0 Å². The summed E-state index contributed by atoms with van der Waals surface area (Å²) in [4.78, 5) is 4.90. The normalized spacial score (nSPS) is 12.8. The topological polar surface area (TPSA) is 75.0 Å². The molecule has 156 valence electrons. The molecule has 0 unspecified atom stereocenters. The first kappa shape index (κ1) is 18.8. The van der Waals surface area contributed by atoms with Gasteiger partial charge in [-0.05, 0) is 57.6 Å². The summed E-state index contributed by atoms with van der Waals surface area (Å²) in [7, 11) is 0. The molecule has 0 saturated carbocycles. The van der Waals surface area contributed by atoms with Crippen LogP contribution in [0.3, 0.4) is 0 Å². The van der Waals surface area contributed by atoms with Gasteiger partial charge >= 0.3 is 0 Å². The second-order valence-electron chi connectivity index (χ2n) is 7.20. The number of nitrogens with zero attached hydrogens (tertiary/aromatic N) is 5. The number of pyridine rings is 1. The van der Waals surface area contributed by atoms with E-state index in [9.17, 15) is 0 Å². The van der Waals surface area contributed by atoms with Crippen LogP contribution in [0.4, 0.5) is 0 Å². The number of para-hydroxylation sites is 1. The summed E-state index contributed by atoms with van der Waals surface area (Å²) in [6, 6.07) is 26.1. The van der Waals surface area contributed by atoms with E-state index >= 15 is 0 Å². The molecule has 0 spiro atoms. The average molecular weight is 440 g/mol. The Hall–Kier alpha value is -3.91. The lowest BCUT2D eigenvalue weighted by Gasteiger charge is -2.20. The van der Waals surface area contributed by atoms with Crippen LogP contribution in [0.2, 0.25) is 0 Å². The molecule has 0 bridgehead atoms. The van der Waals surface area contributed by atoms with Crippen molar-refractivity contribution >= 4 is 22.7 Å². The highest BCUT2D eigenvalue weighted by Gasteiger charge is 2.18. The van der Waals surface area contributed by atoms with Crippen molar-refractivity contribution in [3.8, 4) is 28.3 Å². The summed E-state index contributed by atoms with van der Waals surface area (Å²) in [5.74, 6) is 1.46. The molecule has 0 aliphatic carbocycles. The number of fused-ring (bicyclic) bond motifs is 2. The lowest BCUT2D eigenvalue weighted by Crippen LogP contribution is -2.15. The summed E-state index contributed by atoms with van der Waals surface area (Å²) in [6.07, 6.45) is 0. The minimum absolute atomic E-state index is 0.532. The third-order valence-electron chi connectivity index (χ3n) is 5.17. The molecule has 8 heteroatoms. The van der Waals surface area contributed by atoms with E-state index in [-0.39, 0.29) is 0 Å². The van der Waals surface area contributed by atoms with Crippen molar-refractivity contribution in [2.24, 2.45) is 0 Å². The third-order valence-corrected chi connectivity index (χ3v) is 6.03. The zero-order valence-electron chi connectivity index (χ0n) is 16.9. The Morgan fingerprint density at radius 2 is 1.53 bits per heavy atom. The monoisotopic (exact) mass is 439 g/mol. The molecule has 0 amide bonds. The van der Waals surface area contributed by atoms with Crippen molar-refractivity contribution in [2.75, 3.05) is 13.2 Å². The Labute approximate surface area is 188 Å². The van der Waals surface area contributed by atoms with Gasteiger partial charge in [0.1, 0.15) is 18.2 Å². The summed E-state index contributed by atoms with van der Waals surface area (Å²) in [6.45, 7) is 1.08. The van der Waals surface area contributed by atoms with E-state index in [1.54, 1.807) is 4.68 Å². The predicted octanol–water partition coefficient (Wildman–Crippen LogP) is 4.80. The van der Waals surface area contributed by atoms with Gasteiger partial charge in [-0.3, -0.25) is 0 Å². The second kappa shape index (κ2) is 7.97. The number of hydrogen-bond acceptors (Lipinski definition) is 7. The van der Waals surface area contributed by atoms with Crippen LogP contribution in [0.15, 0.2) is 89.0 Å². The standard InChI is InChI=1S/C24H17N5O2S/c1-3-7-16(8-4-1)18-14-23(25-20-15-22-21(13-19(18)20)30-11-12-31-22)32-24-26-27-28-29(24)17-9-5-2-6-10-17/h1-10,13-15H,11-12H2. The summed E-state index contributed by atoms with van der Waals surface area (Å²) in [5, 5.41) is 14.7. The summed E-state index contributed by atoms with van der Waals surface area (Å²) in [5.41, 5.74) is 3.88. The first-order valence-corrected chi connectivity index (χ1v) is 11.0. The Morgan fingerprint density at radius 3 is 2.31 bits per heavy atom. The lowest BCUT2D eigenvalue weighted by atomic mass is 10.0. The molecule has 0 saturated heterocycles. The zero-order valence-corrected chi connectivity index (χ0v) is 17.7. The van der Waals surface area contributed by atoms with Gasteiger partial charge in [-0.2, -0.15) is 4.68 Å². The van der Waals surface area contributed by atoms with Crippen LogP contribution in [0, 0.1) is 0 Å². The fourth-order valence-corrected chi connectivity index (χ4v) is 4.53. The van der Waals surface area contributed by atoms with Gasteiger partial charge in [0.15, 0.2) is 11.5 Å². The summed E-state index contributed by atoms with van der Waals surface area (Å²) < 4.78 is 13.3. The van der Waals surface area contributed by atoms with Gasteiger partial charge in [0.2, 0.25) is 5.16 Å². The highest BCUT2D eigenvalue weighted by molar-refractivity contribution is 7.99. The quantitative estimate of drug-likeness (QED) is 0.398. The van der Waals surface area contributed by atoms with Gasteiger partial charge in [0, 0.05) is 11.5 Å². The fourth-order valence-electron chi connectivity index (χ4n) is 3.71. The summed E-state index contributed by atoms with van der Waals surface area (Å²) >= 11 is 1.42. The molecule has 1 aliphatic heterocycles. The number of ether oxygens (including phenoxy) is 2. The molecular weight excluding hydrogens is 422 g/mol. The maximum Gasteiger partial charge on any atom is 0.220 e. The number of rotatable bonds is 4. The van der Waals surface area contributed by atoms with Crippen molar-refractivity contribution < 1.29 is 9.47 Å². The Balaban J connectivity index is 1.49.